The van der Waals surface area contributed by atoms with Gasteiger partial charge in [0, 0.05) is 17.6 Å². The summed E-state index contributed by atoms with van der Waals surface area (Å²) in [5, 5.41) is 7.91. The fourth-order valence-electron chi connectivity index (χ4n) is 2.59. The van der Waals surface area contributed by atoms with Crippen molar-refractivity contribution >= 4 is 17.2 Å². The van der Waals surface area contributed by atoms with Crippen LogP contribution in [-0.4, -0.2) is 45.7 Å². The third kappa shape index (κ3) is 2.98. The highest BCUT2D eigenvalue weighted by atomic mass is 32.1. The first kappa shape index (κ1) is 14.2. The van der Waals surface area contributed by atoms with E-state index < -0.39 is 0 Å². The van der Waals surface area contributed by atoms with Crippen LogP contribution in [0.25, 0.3) is 0 Å². The van der Waals surface area contributed by atoms with Crippen molar-refractivity contribution in [1.29, 1.82) is 0 Å². The summed E-state index contributed by atoms with van der Waals surface area (Å²) in [5.41, 5.74) is 1.87. The van der Waals surface area contributed by atoms with E-state index in [2.05, 4.69) is 15.2 Å². The van der Waals surface area contributed by atoms with Crippen LogP contribution in [0.5, 0.6) is 0 Å². The Balaban J connectivity index is 1.77. The molecule has 1 saturated heterocycles. The minimum atomic E-state index is -0.0805. The molecule has 1 N–H and O–H groups in total. The van der Waals surface area contributed by atoms with Gasteiger partial charge >= 0.3 is 0 Å². The van der Waals surface area contributed by atoms with Crippen LogP contribution in [-0.2, 0) is 16.0 Å². The smallest absolute Gasteiger partial charge is 0.228 e. The van der Waals surface area contributed by atoms with E-state index in [1.807, 2.05) is 24.8 Å². The zero-order valence-electron chi connectivity index (χ0n) is 12.1. The first-order valence-electron chi connectivity index (χ1n) is 6.94. The van der Waals surface area contributed by atoms with Crippen molar-refractivity contribution in [3.8, 4) is 0 Å². The molecule has 0 spiro atoms. The molecule has 0 aliphatic carbocycles. The minimum Gasteiger partial charge on any atom is -0.377 e. The number of carbonyl (C=O) groups is 1. The SMILES string of the molecule is Cc1nc(C)c(CC(=O)N2CCOCC2c2ccn[nH]2)s1. The van der Waals surface area contributed by atoms with Gasteiger partial charge in [-0.3, -0.25) is 9.89 Å². The Morgan fingerprint density at radius 1 is 1.57 bits per heavy atom. The van der Waals surface area contributed by atoms with Crippen molar-refractivity contribution in [3.63, 3.8) is 0 Å². The van der Waals surface area contributed by atoms with E-state index >= 15 is 0 Å². The predicted octanol–water partition coefficient (Wildman–Crippen LogP) is 1.63. The Hall–Kier alpha value is -1.73. The van der Waals surface area contributed by atoms with E-state index in [0.29, 0.717) is 26.2 Å². The summed E-state index contributed by atoms with van der Waals surface area (Å²) in [4.78, 5) is 20.0. The molecule has 1 aliphatic rings. The molecule has 0 saturated carbocycles. The number of hydrogen-bond acceptors (Lipinski definition) is 5. The number of carbonyl (C=O) groups excluding carboxylic acids is 1. The molecule has 2 aromatic heterocycles. The number of aromatic amines is 1. The van der Waals surface area contributed by atoms with Crippen molar-refractivity contribution in [3.05, 3.63) is 33.5 Å². The Labute approximate surface area is 127 Å². The first-order valence-corrected chi connectivity index (χ1v) is 7.76. The molecule has 1 atom stereocenters. The van der Waals surface area contributed by atoms with Gasteiger partial charge in [0.15, 0.2) is 0 Å². The maximum absolute atomic E-state index is 12.6. The summed E-state index contributed by atoms with van der Waals surface area (Å²) in [6.07, 6.45) is 2.10. The van der Waals surface area contributed by atoms with E-state index in [1.165, 1.54) is 0 Å². The van der Waals surface area contributed by atoms with Gasteiger partial charge in [-0.15, -0.1) is 11.3 Å². The molecule has 21 heavy (non-hydrogen) atoms. The molecule has 0 radical (unpaired) electrons. The van der Waals surface area contributed by atoms with Crippen LogP contribution in [0.1, 0.15) is 27.3 Å². The van der Waals surface area contributed by atoms with Gasteiger partial charge < -0.3 is 9.64 Å². The van der Waals surface area contributed by atoms with Crippen LogP contribution in [0, 0.1) is 13.8 Å². The van der Waals surface area contributed by atoms with E-state index in [1.54, 1.807) is 17.5 Å². The number of hydrogen-bond donors (Lipinski definition) is 1. The molecule has 1 aliphatic heterocycles. The number of nitrogens with one attached hydrogen (secondary N) is 1. The van der Waals surface area contributed by atoms with Crippen LogP contribution in [0.3, 0.4) is 0 Å². The van der Waals surface area contributed by atoms with Gasteiger partial charge in [-0.1, -0.05) is 0 Å². The van der Waals surface area contributed by atoms with Crippen LogP contribution in [0.15, 0.2) is 12.3 Å². The normalized spacial score (nSPS) is 19.0. The topological polar surface area (TPSA) is 71.1 Å². The molecule has 1 amide bonds. The van der Waals surface area contributed by atoms with Gasteiger partial charge in [-0.2, -0.15) is 5.10 Å². The molecule has 0 aromatic carbocycles. The number of amides is 1. The Kier molecular flexibility index (Phi) is 4.03. The van der Waals surface area contributed by atoms with Gasteiger partial charge in [0.05, 0.1) is 42.1 Å². The van der Waals surface area contributed by atoms with Crippen LogP contribution in [0.4, 0.5) is 0 Å². The lowest BCUT2D eigenvalue weighted by molar-refractivity contribution is -0.139. The summed E-state index contributed by atoms with van der Waals surface area (Å²) < 4.78 is 5.51. The molecular weight excluding hydrogens is 288 g/mol. The Morgan fingerprint density at radius 3 is 3.10 bits per heavy atom. The number of thiazole rings is 1. The monoisotopic (exact) mass is 306 g/mol. The van der Waals surface area contributed by atoms with Crippen LogP contribution in [0.2, 0.25) is 0 Å². The average molecular weight is 306 g/mol. The second-order valence-corrected chi connectivity index (χ2v) is 6.40. The highest BCUT2D eigenvalue weighted by molar-refractivity contribution is 7.11. The zero-order valence-corrected chi connectivity index (χ0v) is 12.9. The number of nitrogens with zero attached hydrogens (tertiary/aromatic N) is 3. The van der Waals surface area contributed by atoms with E-state index in [4.69, 9.17) is 4.74 Å². The fraction of sp³-hybridized carbons (Fsp3) is 0.500. The molecule has 3 heterocycles. The minimum absolute atomic E-state index is 0.0805. The van der Waals surface area contributed by atoms with Crippen molar-refractivity contribution in [1.82, 2.24) is 20.1 Å². The zero-order chi connectivity index (χ0) is 14.8. The number of morpholine rings is 1. The lowest BCUT2D eigenvalue weighted by Crippen LogP contribution is -2.44. The van der Waals surface area contributed by atoms with Crippen molar-refractivity contribution in [2.45, 2.75) is 26.3 Å². The molecular formula is C14H18N4O2S. The van der Waals surface area contributed by atoms with Crippen molar-refractivity contribution in [2.24, 2.45) is 0 Å². The maximum atomic E-state index is 12.6. The highest BCUT2D eigenvalue weighted by Crippen LogP contribution is 2.25. The molecule has 1 unspecified atom stereocenters. The second kappa shape index (κ2) is 5.95. The third-order valence-electron chi connectivity index (χ3n) is 3.64. The third-order valence-corrected chi connectivity index (χ3v) is 4.71. The summed E-state index contributed by atoms with van der Waals surface area (Å²) in [6, 6.07) is 1.81. The molecule has 1 fully saturated rings. The molecule has 3 rings (SSSR count). The summed E-state index contributed by atoms with van der Waals surface area (Å²) in [5.74, 6) is 0.115. The molecule has 112 valence electrons. The number of rotatable bonds is 3. The lowest BCUT2D eigenvalue weighted by Gasteiger charge is -2.35. The summed E-state index contributed by atoms with van der Waals surface area (Å²) in [7, 11) is 0. The Morgan fingerprint density at radius 2 is 2.43 bits per heavy atom. The quantitative estimate of drug-likeness (QED) is 0.935. The highest BCUT2D eigenvalue weighted by Gasteiger charge is 2.30. The fourth-order valence-corrected chi connectivity index (χ4v) is 3.52. The van der Waals surface area contributed by atoms with Gasteiger partial charge in [-0.25, -0.2) is 4.98 Å². The summed E-state index contributed by atoms with van der Waals surface area (Å²) >= 11 is 1.60. The number of ether oxygens (including phenoxy) is 1. The van der Waals surface area contributed by atoms with Gasteiger partial charge in [0.1, 0.15) is 0 Å². The largest absolute Gasteiger partial charge is 0.377 e. The predicted molar refractivity (Wildman–Crippen MR) is 79.2 cm³/mol. The molecule has 0 bridgehead atoms. The summed E-state index contributed by atoms with van der Waals surface area (Å²) in [6.45, 7) is 5.62. The Bertz CT molecular complexity index is 623. The molecule has 2 aromatic rings. The van der Waals surface area contributed by atoms with Crippen molar-refractivity contribution in [2.75, 3.05) is 19.8 Å². The second-order valence-electron chi connectivity index (χ2n) is 5.11. The molecule has 7 heteroatoms. The van der Waals surface area contributed by atoms with E-state index in [-0.39, 0.29) is 11.9 Å². The van der Waals surface area contributed by atoms with E-state index in [0.717, 1.165) is 21.3 Å². The number of aryl methyl sites for hydroxylation is 2. The van der Waals surface area contributed by atoms with Gasteiger partial charge in [0.25, 0.3) is 0 Å². The lowest BCUT2D eigenvalue weighted by atomic mass is 10.1. The van der Waals surface area contributed by atoms with Crippen LogP contribution >= 0.6 is 11.3 Å². The average Bonchev–Trinajstić information content (AvgIpc) is 3.09. The van der Waals surface area contributed by atoms with Crippen LogP contribution < -0.4 is 0 Å². The van der Waals surface area contributed by atoms with E-state index in [9.17, 15) is 4.79 Å². The first-order chi connectivity index (χ1) is 10.1. The van der Waals surface area contributed by atoms with Gasteiger partial charge in [-0.05, 0) is 19.9 Å². The maximum Gasteiger partial charge on any atom is 0.228 e. The van der Waals surface area contributed by atoms with Crippen molar-refractivity contribution < 1.29 is 9.53 Å². The van der Waals surface area contributed by atoms with Gasteiger partial charge in [0.2, 0.25) is 5.91 Å². The number of aromatic nitrogens is 3. The molecule has 6 nitrogen and oxygen atoms in total. The number of H-pyrrole nitrogens is 1. The standard InChI is InChI=1S/C14H18N4O2S/c1-9-13(21-10(2)16-9)7-14(19)18-5-6-20-8-12(18)11-3-4-15-17-11/h3-4,12H,5-8H2,1-2H3,(H,15,17).